The number of amides is 2. The molecule has 132 valence electrons. The molecule has 2 aliphatic carbocycles. The second kappa shape index (κ2) is 6.42. The quantitative estimate of drug-likeness (QED) is 0.865. The number of aryl methyl sites for hydroxylation is 1. The summed E-state index contributed by atoms with van der Waals surface area (Å²) in [5, 5.41) is 9.95. The maximum absolute atomic E-state index is 12.5. The SMILES string of the molecule is CCc1nc(C2(NC(=O)Nc3cnc(C4CC4)nc3)CCCC2)no1. The van der Waals surface area contributed by atoms with Crippen molar-refractivity contribution in [3.05, 3.63) is 29.9 Å². The van der Waals surface area contributed by atoms with Crippen LogP contribution >= 0.6 is 0 Å². The lowest BCUT2D eigenvalue weighted by atomic mass is 9.97. The van der Waals surface area contributed by atoms with E-state index in [1.807, 2.05) is 6.92 Å². The predicted octanol–water partition coefficient (Wildman–Crippen LogP) is 2.89. The Morgan fingerprint density at radius 2 is 2.00 bits per heavy atom. The summed E-state index contributed by atoms with van der Waals surface area (Å²) in [6, 6.07) is -0.299. The van der Waals surface area contributed by atoms with Gasteiger partial charge >= 0.3 is 6.03 Å². The van der Waals surface area contributed by atoms with Crippen LogP contribution in [0.4, 0.5) is 10.5 Å². The van der Waals surface area contributed by atoms with Crippen molar-refractivity contribution >= 4 is 11.7 Å². The molecule has 0 saturated heterocycles. The molecule has 0 aliphatic heterocycles. The molecule has 0 unspecified atom stereocenters. The third-order valence-electron chi connectivity index (χ3n) is 4.88. The Balaban J connectivity index is 1.45. The van der Waals surface area contributed by atoms with Gasteiger partial charge in [-0.05, 0) is 25.7 Å². The van der Waals surface area contributed by atoms with Gasteiger partial charge in [-0.1, -0.05) is 24.9 Å². The van der Waals surface area contributed by atoms with E-state index in [4.69, 9.17) is 4.52 Å². The number of anilines is 1. The van der Waals surface area contributed by atoms with E-state index in [2.05, 4.69) is 30.7 Å². The molecule has 0 aromatic carbocycles. The largest absolute Gasteiger partial charge is 0.339 e. The van der Waals surface area contributed by atoms with Crippen LogP contribution in [-0.2, 0) is 12.0 Å². The molecule has 0 spiro atoms. The Bertz CT molecular complexity index is 747. The molecule has 2 heterocycles. The van der Waals surface area contributed by atoms with Gasteiger partial charge in [0.25, 0.3) is 0 Å². The highest BCUT2D eigenvalue weighted by molar-refractivity contribution is 5.89. The first-order chi connectivity index (χ1) is 12.2. The number of carbonyl (C=O) groups is 1. The smallest absolute Gasteiger partial charge is 0.320 e. The van der Waals surface area contributed by atoms with E-state index in [0.717, 1.165) is 44.3 Å². The number of nitrogens with zero attached hydrogens (tertiary/aromatic N) is 4. The van der Waals surface area contributed by atoms with Crippen molar-refractivity contribution in [3.8, 4) is 0 Å². The second-order valence-electron chi connectivity index (χ2n) is 6.84. The number of urea groups is 1. The van der Waals surface area contributed by atoms with Crippen molar-refractivity contribution in [2.45, 2.75) is 63.3 Å². The van der Waals surface area contributed by atoms with Crippen LogP contribution in [0.3, 0.4) is 0 Å². The molecule has 8 heteroatoms. The summed E-state index contributed by atoms with van der Waals surface area (Å²) in [7, 11) is 0. The topological polar surface area (TPSA) is 106 Å². The van der Waals surface area contributed by atoms with Gasteiger partial charge in [-0.3, -0.25) is 0 Å². The lowest BCUT2D eigenvalue weighted by Crippen LogP contribution is -2.46. The highest BCUT2D eigenvalue weighted by atomic mass is 16.5. The van der Waals surface area contributed by atoms with E-state index in [-0.39, 0.29) is 6.03 Å². The van der Waals surface area contributed by atoms with Crippen molar-refractivity contribution in [3.63, 3.8) is 0 Å². The Hall–Kier alpha value is -2.51. The number of nitrogens with one attached hydrogen (secondary N) is 2. The van der Waals surface area contributed by atoms with Crippen LogP contribution in [-0.4, -0.2) is 26.1 Å². The summed E-state index contributed by atoms with van der Waals surface area (Å²) in [4.78, 5) is 25.6. The van der Waals surface area contributed by atoms with E-state index in [1.54, 1.807) is 12.4 Å². The molecular weight excluding hydrogens is 320 g/mol. The number of hydrogen-bond acceptors (Lipinski definition) is 6. The maximum Gasteiger partial charge on any atom is 0.320 e. The number of hydrogen-bond donors (Lipinski definition) is 2. The number of carbonyl (C=O) groups excluding carboxylic acids is 1. The second-order valence-corrected chi connectivity index (χ2v) is 6.84. The summed E-state index contributed by atoms with van der Waals surface area (Å²) in [5.41, 5.74) is 0.0212. The summed E-state index contributed by atoms with van der Waals surface area (Å²) in [6.45, 7) is 1.96. The Morgan fingerprint density at radius 1 is 1.28 bits per heavy atom. The van der Waals surface area contributed by atoms with Gasteiger partial charge < -0.3 is 15.2 Å². The Kier molecular flexibility index (Phi) is 4.10. The van der Waals surface area contributed by atoms with Crippen molar-refractivity contribution in [2.75, 3.05) is 5.32 Å². The van der Waals surface area contributed by atoms with Gasteiger partial charge in [0.05, 0.1) is 18.1 Å². The fourth-order valence-electron chi connectivity index (χ4n) is 3.31. The third kappa shape index (κ3) is 3.33. The van der Waals surface area contributed by atoms with E-state index in [9.17, 15) is 4.79 Å². The molecule has 0 bridgehead atoms. The minimum absolute atomic E-state index is 0.299. The van der Waals surface area contributed by atoms with Crippen molar-refractivity contribution in [1.29, 1.82) is 0 Å². The summed E-state index contributed by atoms with van der Waals surface area (Å²) >= 11 is 0. The van der Waals surface area contributed by atoms with Gasteiger partial charge in [0.1, 0.15) is 11.4 Å². The lowest BCUT2D eigenvalue weighted by molar-refractivity contribution is 0.232. The van der Waals surface area contributed by atoms with Gasteiger partial charge in [-0.2, -0.15) is 4.98 Å². The average molecular weight is 342 g/mol. The molecule has 2 N–H and O–H groups in total. The van der Waals surface area contributed by atoms with E-state index < -0.39 is 5.54 Å². The summed E-state index contributed by atoms with van der Waals surface area (Å²) in [5.74, 6) is 2.51. The minimum Gasteiger partial charge on any atom is -0.339 e. The van der Waals surface area contributed by atoms with E-state index in [0.29, 0.717) is 29.7 Å². The van der Waals surface area contributed by atoms with E-state index in [1.165, 1.54) is 0 Å². The molecule has 0 atom stereocenters. The summed E-state index contributed by atoms with van der Waals surface area (Å²) < 4.78 is 5.24. The molecule has 2 saturated carbocycles. The molecule has 8 nitrogen and oxygen atoms in total. The zero-order valence-electron chi connectivity index (χ0n) is 14.3. The molecule has 25 heavy (non-hydrogen) atoms. The van der Waals surface area contributed by atoms with Crippen molar-refractivity contribution in [2.24, 2.45) is 0 Å². The highest BCUT2D eigenvalue weighted by Crippen LogP contribution is 2.38. The monoisotopic (exact) mass is 342 g/mol. The first-order valence-corrected chi connectivity index (χ1v) is 8.93. The van der Waals surface area contributed by atoms with Crippen LogP contribution in [0.5, 0.6) is 0 Å². The van der Waals surface area contributed by atoms with Crippen LogP contribution < -0.4 is 10.6 Å². The van der Waals surface area contributed by atoms with Crippen molar-refractivity contribution < 1.29 is 9.32 Å². The maximum atomic E-state index is 12.5. The fraction of sp³-hybridized carbons (Fsp3) is 0.588. The van der Waals surface area contributed by atoms with Crippen LogP contribution in [0.25, 0.3) is 0 Å². The van der Waals surface area contributed by atoms with Crippen LogP contribution in [0, 0.1) is 0 Å². The molecule has 2 aromatic heterocycles. The van der Waals surface area contributed by atoms with Gasteiger partial charge in [-0.25, -0.2) is 14.8 Å². The molecule has 4 rings (SSSR count). The Labute approximate surface area is 145 Å². The third-order valence-corrected chi connectivity index (χ3v) is 4.88. The van der Waals surface area contributed by atoms with Crippen LogP contribution in [0.15, 0.2) is 16.9 Å². The lowest BCUT2D eigenvalue weighted by Gasteiger charge is -2.26. The fourth-order valence-corrected chi connectivity index (χ4v) is 3.31. The molecular formula is C17H22N6O2. The van der Waals surface area contributed by atoms with Gasteiger partial charge in [0.2, 0.25) is 5.89 Å². The average Bonchev–Trinajstić information content (AvgIpc) is 3.16. The van der Waals surface area contributed by atoms with Gasteiger partial charge in [0.15, 0.2) is 5.82 Å². The minimum atomic E-state index is -0.560. The molecule has 2 aliphatic rings. The molecule has 0 radical (unpaired) electrons. The number of rotatable bonds is 5. The molecule has 2 aromatic rings. The highest BCUT2D eigenvalue weighted by Gasteiger charge is 2.41. The predicted molar refractivity (Wildman–Crippen MR) is 90.0 cm³/mol. The zero-order valence-corrected chi connectivity index (χ0v) is 14.3. The first-order valence-electron chi connectivity index (χ1n) is 8.93. The van der Waals surface area contributed by atoms with Crippen LogP contribution in [0.1, 0.15) is 68.9 Å². The van der Waals surface area contributed by atoms with Crippen molar-refractivity contribution in [1.82, 2.24) is 25.4 Å². The zero-order chi connectivity index (χ0) is 17.3. The molecule has 2 fully saturated rings. The Morgan fingerprint density at radius 3 is 2.60 bits per heavy atom. The molecule has 2 amide bonds. The van der Waals surface area contributed by atoms with Gasteiger partial charge in [0, 0.05) is 12.3 Å². The van der Waals surface area contributed by atoms with Crippen LogP contribution in [0.2, 0.25) is 0 Å². The summed E-state index contributed by atoms with van der Waals surface area (Å²) in [6.07, 6.45) is 9.96. The van der Waals surface area contributed by atoms with Gasteiger partial charge in [-0.15, -0.1) is 0 Å². The standard InChI is InChI=1S/C17H22N6O2/c1-2-13-21-15(23-25-13)17(7-3-4-8-17)22-16(24)20-12-9-18-14(19-10-12)11-5-6-11/h9-11H,2-8H2,1H3,(H2,20,22,24). The first kappa shape index (κ1) is 16.0. The van der Waals surface area contributed by atoms with E-state index >= 15 is 0 Å². The normalized spacial score (nSPS) is 18.9. The number of aromatic nitrogens is 4.